The van der Waals surface area contributed by atoms with Crippen molar-refractivity contribution >= 4 is 28.5 Å². The molecule has 24 heavy (non-hydrogen) atoms. The number of ether oxygens (including phenoxy) is 1. The molecule has 3 atom stereocenters. The quantitative estimate of drug-likeness (QED) is 0.817. The number of hydrogen-bond acceptors (Lipinski definition) is 5. The van der Waals surface area contributed by atoms with Gasteiger partial charge in [-0.15, -0.1) is 0 Å². The molecule has 1 fully saturated rings. The van der Waals surface area contributed by atoms with Crippen LogP contribution in [-0.2, 0) is 0 Å². The molecule has 0 N–H and O–H groups in total. The van der Waals surface area contributed by atoms with E-state index < -0.39 is 0 Å². The highest BCUT2D eigenvalue weighted by atomic mass is 35.5. The topological polar surface area (TPSA) is 37.7 Å². The van der Waals surface area contributed by atoms with Crippen LogP contribution in [0.15, 0.2) is 47.6 Å². The van der Waals surface area contributed by atoms with Crippen LogP contribution in [0.2, 0.25) is 5.02 Å². The van der Waals surface area contributed by atoms with Gasteiger partial charge in [0.05, 0.1) is 18.8 Å². The molecule has 6 heteroatoms. The molecule has 1 aromatic carbocycles. The van der Waals surface area contributed by atoms with Gasteiger partial charge in [0, 0.05) is 28.6 Å². The van der Waals surface area contributed by atoms with Crippen molar-refractivity contribution in [3.05, 3.63) is 58.9 Å². The number of methoxy groups -OCH3 is 1. The van der Waals surface area contributed by atoms with Crippen LogP contribution in [0.4, 0.5) is 0 Å². The first-order valence-corrected chi connectivity index (χ1v) is 9.18. The lowest BCUT2D eigenvalue weighted by molar-refractivity contribution is 0.307. The summed E-state index contributed by atoms with van der Waals surface area (Å²) in [6.45, 7) is 3.20. The number of nitrogens with zero attached hydrogens (tertiary/aromatic N) is 3. The summed E-state index contributed by atoms with van der Waals surface area (Å²) in [6.07, 6.45) is 1.82. The number of aromatic nitrogens is 1. The molecule has 0 saturated carbocycles. The van der Waals surface area contributed by atoms with E-state index in [9.17, 15) is 0 Å². The number of fused-ring (bicyclic) bond motifs is 1. The molecule has 124 valence electrons. The van der Waals surface area contributed by atoms with Gasteiger partial charge in [0.25, 0.3) is 0 Å². The van der Waals surface area contributed by atoms with Gasteiger partial charge in [0.2, 0.25) is 0 Å². The summed E-state index contributed by atoms with van der Waals surface area (Å²) in [5.74, 6) is 0.839. The van der Waals surface area contributed by atoms with Crippen molar-refractivity contribution in [1.29, 1.82) is 0 Å². The lowest BCUT2D eigenvalue weighted by Gasteiger charge is -2.28. The molecule has 4 nitrogen and oxygen atoms in total. The lowest BCUT2D eigenvalue weighted by atomic mass is 9.95. The van der Waals surface area contributed by atoms with Gasteiger partial charge in [-0.25, -0.2) is 0 Å². The summed E-state index contributed by atoms with van der Waals surface area (Å²) >= 11 is 8.11. The molecule has 3 heterocycles. The standard InChI is InChI=1S/C18H18ClN3OS/c1-11-10-22-17(13-9-12(19)6-7-15(13)23-2)16(21-18(22)24-11)14-5-3-4-8-20-14/h3-9,11,16-17H,10H2,1-2H3/t11-,16-,17-/m0/s1. The van der Waals surface area contributed by atoms with Crippen LogP contribution in [0.25, 0.3) is 0 Å². The molecule has 0 aliphatic carbocycles. The normalized spacial score (nSPS) is 25.5. The number of aliphatic imine (C=N–C) groups is 1. The van der Waals surface area contributed by atoms with Crippen LogP contribution < -0.4 is 4.74 Å². The van der Waals surface area contributed by atoms with Crippen LogP contribution in [0.1, 0.15) is 30.3 Å². The molecule has 1 aromatic heterocycles. The molecule has 2 aliphatic heterocycles. The summed E-state index contributed by atoms with van der Waals surface area (Å²) in [5.41, 5.74) is 2.04. The maximum absolute atomic E-state index is 6.29. The zero-order valence-electron chi connectivity index (χ0n) is 13.5. The van der Waals surface area contributed by atoms with Gasteiger partial charge in [0.1, 0.15) is 11.8 Å². The summed E-state index contributed by atoms with van der Waals surface area (Å²) in [4.78, 5) is 11.9. The Morgan fingerprint density at radius 2 is 2.17 bits per heavy atom. The Kier molecular flexibility index (Phi) is 4.14. The zero-order valence-corrected chi connectivity index (χ0v) is 15.1. The molecule has 0 spiro atoms. The van der Waals surface area contributed by atoms with Gasteiger partial charge in [0.15, 0.2) is 5.17 Å². The van der Waals surface area contributed by atoms with Crippen molar-refractivity contribution in [2.75, 3.05) is 13.7 Å². The summed E-state index contributed by atoms with van der Waals surface area (Å²) in [5, 5.41) is 2.32. The van der Waals surface area contributed by atoms with E-state index in [4.69, 9.17) is 21.3 Å². The first kappa shape index (κ1) is 15.8. The minimum Gasteiger partial charge on any atom is -0.496 e. The number of hydrogen-bond donors (Lipinski definition) is 0. The van der Waals surface area contributed by atoms with Crippen molar-refractivity contribution < 1.29 is 4.74 Å². The van der Waals surface area contributed by atoms with Gasteiger partial charge in [-0.3, -0.25) is 9.98 Å². The van der Waals surface area contributed by atoms with Crippen LogP contribution in [0, 0.1) is 0 Å². The van der Waals surface area contributed by atoms with E-state index in [1.54, 1.807) is 7.11 Å². The highest BCUT2D eigenvalue weighted by Crippen LogP contribution is 2.49. The fraction of sp³-hybridized carbons (Fsp3) is 0.333. The Hall–Kier alpha value is -1.72. The minimum atomic E-state index is -0.0476. The number of pyridine rings is 1. The number of benzene rings is 1. The van der Waals surface area contributed by atoms with E-state index in [0.29, 0.717) is 10.3 Å². The minimum absolute atomic E-state index is 0.0476. The summed E-state index contributed by atoms with van der Waals surface area (Å²) in [7, 11) is 1.70. The van der Waals surface area contributed by atoms with E-state index >= 15 is 0 Å². The molecule has 4 rings (SSSR count). The molecular weight excluding hydrogens is 342 g/mol. The van der Waals surface area contributed by atoms with Gasteiger partial charge in [-0.05, 0) is 30.3 Å². The summed E-state index contributed by atoms with van der Waals surface area (Å²) in [6, 6.07) is 11.8. The van der Waals surface area contributed by atoms with Gasteiger partial charge in [-0.1, -0.05) is 36.4 Å². The Balaban J connectivity index is 1.83. The molecule has 0 radical (unpaired) electrons. The fourth-order valence-electron chi connectivity index (χ4n) is 3.39. The average Bonchev–Trinajstić information content (AvgIpc) is 3.11. The first-order valence-electron chi connectivity index (χ1n) is 7.93. The predicted octanol–water partition coefficient (Wildman–Crippen LogP) is 4.33. The number of amidine groups is 1. The monoisotopic (exact) mass is 359 g/mol. The second kappa shape index (κ2) is 6.30. The second-order valence-corrected chi connectivity index (χ2v) is 7.87. The van der Waals surface area contributed by atoms with Crippen LogP contribution in [0.5, 0.6) is 5.75 Å². The number of halogens is 1. The van der Waals surface area contributed by atoms with Gasteiger partial charge in [-0.2, -0.15) is 0 Å². The Morgan fingerprint density at radius 1 is 1.29 bits per heavy atom. The maximum atomic E-state index is 6.29. The Bertz CT molecular complexity index is 783. The van der Waals surface area contributed by atoms with Crippen molar-refractivity contribution in [1.82, 2.24) is 9.88 Å². The molecule has 2 aromatic rings. The molecule has 1 saturated heterocycles. The lowest BCUT2D eigenvalue weighted by Crippen LogP contribution is -2.28. The largest absolute Gasteiger partial charge is 0.496 e. The molecule has 2 aliphatic rings. The molecule has 0 bridgehead atoms. The van der Waals surface area contributed by atoms with Crippen molar-refractivity contribution in [2.24, 2.45) is 4.99 Å². The third kappa shape index (κ3) is 2.66. The smallest absolute Gasteiger partial charge is 0.160 e. The van der Waals surface area contributed by atoms with Gasteiger partial charge >= 0.3 is 0 Å². The zero-order chi connectivity index (χ0) is 16.7. The third-order valence-electron chi connectivity index (χ3n) is 4.39. The SMILES string of the molecule is COc1ccc(Cl)cc1[C@H]1[C@H](c2ccccn2)N=C2S[C@@H](C)CN21. The van der Waals surface area contributed by atoms with Crippen LogP contribution >= 0.6 is 23.4 Å². The molecular formula is C18H18ClN3OS. The second-order valence-electron chi connectivity index (χ2n) is 6.02. The average molecular weight is 360 g/mol. The highest BCUT2D eigenvalue weighted by Gasteiger charge is 2.44. The Morgan fingerprint density at radius 3 is 2.92 bits per heavy atom. The number of rotatable bonds is 3. The Labute approximate surface area is 150 Å². The van der Waals surface area contributed by atoms with E-state index in [1.807, 2.05) is 54.4 Å². The molecule has 0 amide bonds. The van der Waals surface area contributed by atoms with Gasteiger partial charge < -0.3 is 9.64 Å². The number of thioether (sulfide) groups is 1. The molecule has 0 unspecified atom stereocenters. The van der Waals surface area contributed by atoms with Crippen molar-refractivity contribution in [3.63, 3.8) is 0 Å². The van der Waals surface area contributed by atoms with E-state index in [1.165, 1.54) is 0 Å². The van der Waals surface area contributed by atoms with E-state index in [-0.39, 0.29) is 12.1 Å². The third-order valence-corrected chi connectivity index (χ3v) is 5.73. The van der Waals surface area contributed by atoms with Crippen molar-refractivity contribution in [2.45, 2.75) is 24.3 Å². The van der Waals surface area contributed by atoms with E-state index in [2.05, 4.69) is 16.8 Å². The fourth-order valence-corrected chi connectivity index (χ4v) is 4.66. The maximum Gasteiger partial charge on any atom is 0.160 e. The first-order chi connectivity index (χ1) is 11.7. The van der Waals surface area contributed by atoms with Crippen molar-refractivity contribution in [3.8, 4) is 5.75 Å². The van der Waals surface area contributed by atoms with Crippen LogP contribution in [0.3, 0.4) is 0 Å². The van der Waals surface area contributed by atoms with Crippen LogP contribution in [-0.4, -0.2) is 34.0 Å². The predicted molar refractivity (Wildman–Crippen MR) is 98.9 cm³/mol. The highest BCUT2D eigenvalue weighted by molar-refractivity contribution is 8.14. The summed E-state index contributed by atoms with van der Waals surface area (Å²) < 4.78 is 5.61. The van der Waals surface area contributed by atoms with E-state index in [0.717, 1.165) is 28.7 Å².